The summed E-state index contributed by atoms with van der Waals surface area (Å²) in [6, 6.07) is -0.554. The van der Waals surface area contributed by atoms with Crippen LogP contribution in [-0.4, -0.2) is 26.2 Å². The fraction of sp³-hybridized carbons (Fsp3) is 0.929. The highest BCUT2D eigenvalue weighted by molar-refractivity contribution is 7.90. The normalized spacial score (nSPS) is 22.4. The van der Waals surface area contributed by atoms with Gasteiger partial charge in [-0.3, -0.25) is 0 Å². The molecule has 116 valence electrons. The molecule has 0 radical (unpaired) electrons. The van der Waals surface area contributed by atoms with Gasteiger partial charge in [0.15, 0.2) is 0 Å². The van der Waals surface area contributed by atoms with Crippen molar-refractivity contribution >= 4 is 16.1 Å². The lowest BCUT2D eigenvalue weighted by Crippen LogP contribution is -2.45. The Labute approximate surface area is 121 Å². The first-order chi connectivity index (χ1) is 9.58. The number of nitrogens with one attached hydrogen (secondary N) is 2. The minimum Gasteiger partial charge on any atom is -0.337 e. The van der Waals surface area contributed by atoms with Gasteiger partial charge >= 0.3 is 6.03 Å². The van der Waals surface area contributed by atoms with Crippen LogP contribution in [0.3, 0.4) is 0 Å². The lowest BCUT2D eigenvalue weighted by Gasteiger charge is -2.23. The second kappa shape index (κ2) is 7.29. The van der Waals surface area contributed by atoms with Gasteiger partial charge in [-0.05, 0) is 31.6 Å². The Morgan fingerprint density at radius 1 is 0.900 bits per heavy atom. The maximum atomic E-state index is 12.1. The van der Waals surface area contributed by atoms with Gasteiger partial charge in [-0.15, -0.1) is 0 Å². The second-order valence-corrected chi connectivity index (χ2v) is 8.08. The first-order valence-electron chi connectivity index (χ1n) is 7.87. The van der Waals surface area contributed by atoms with E-state index < -0.39 is 21.3 Å². The lowest BCUT2D eigenvalue weighted by molar-refractivity contribution is 0.241. The molecule has 0 spiro atoms. The fourth-order valence-corrected chi connectivity index (χ4v) is 4.70. The van der Waals surface area contributed by atoms with Crippen molar-refractivity contribution in [1.29, 1.82) is 0 Å². The maximum absolute atomic E-state index is 12.1. The van der Waals surface area contributed by atoms with E-state index in [1.54, 1.807) is 0 Å². The monoisotopic (exact) mass is 302 g/mol. The number of carbonyl (C=O) groups excluding carboxylic acids is 1. The third-order valence-corrected chi connectivity index (χ3v) is 6.32. The van der Waals surface area contributed by atoms with Gasteiger partial charge in [0.25, 0.3) is 0 Å². The third kappa shape index (κ3) is 4.65. The lowest BCUT2D eigenvalue weighted by atomic mass is 9.89. The van der Waals surface area contributed by atoms with E-state index >= 15 is 0 Å². The van der Waals surface area contributed by atoms with E-state index in [9.17, 15) is 13.2 Å². The third-order valence-electron chi connectivity index (χ3n) is 4.50. The van der Waals surface area contributed by atoms with E-state index in [1.165, 1.54) is 19.3 Å². The topological polar surface area (TPSA) is 75.3 Å². The van der Waals surface area contributed by atoms with E-state index in [1.807, 2.05) is 0 Å². The number of hydrogen-bond donors (Lipinski definition) is 2. The van der Waals surface area contributed by atoms with Crippen molar-refractivity contribution in [2.45, 2.75) is 69.5 Å². The highest BCUT2D eigenvalue weighted by Crippen LogP contribution is 2.24. The molecule has 2 aliphatic rings. The van der Waals surface area contributed by atoms with E-state index in [2.05, 4.69) is 10.0 Å². The van der Waals surface area contributed by atoms with E-state index in [0.29, 0.717) is 25.3 Å². The van der Waals surface area contributed by atoms with Crippen LogP contribution in [0.5, 0.6) is 0 Å². The molecular weight excluding hydrogens is 276 g/mol. The summed E-state index contributed by atoms with van der Waals surface area (Å²) in [5.41, 5.74) is 0. The molecule has 20 heavy (non-hydrogen) atoms. The molecule has 2 rings (SSSR count). The average Bonchev–Trinajstić information content (AvgIpc) is 2.47. The number of amides is 2. The fourth-order valence-electron chi connectivity index (χ4n) is 3.25. The molecule has 0 aromatic carbocycles. The molecule has 6 heteroatoms. The van der Waals surface area contributed by atoms with E-state index in [-0.39, 0.29) is 0 Å². The summed E-state index contributed by atoms with van der Waals surface area (Å²) in [7, 11) is -3.50. The van der Waals surface area contributed by atoms with Crippen LogP contribution in [0.2, 0.25) is 0 Å². The molecule has 0 atom stereocenters. The Morgan fingerprint density at radius 3 is 2.05 bits per heavy atom. The van der Waals surface area contributed by atoms with Crippen molar-refractivity contribution < 1.29 is 13.2 Å². The van der Waals surface area contributed by atoms with Crippen LogP contribution in [0.15, 0.2) is 0 Å². The largest absolute Gasteiger partial charge is 0.337 e. The van der Waals surface area contributed by atoms with Crippen LogP contribution >= 0.6 is 0 Å². The summed E-state index contributed by atoms with van der Waals surface area (Å²) >= 11 is 0. The molecule has 2 amide bonds. The molecular formula is C14H26N2O3S. The summed E-state index contributed by atoms with van der Waals surface area (Å²) in [5, 5.41) is 2.33. The minimum absolute atomic E-state index is 0.392. The Balaban J connectivity index is 1.74. The molecule has 2 saturated carbocycles. The predicted octanol–water partition coefficient (Wildman–Crippen LogP) is 2.53. The second-order valence-electron chi connectivity index (χ2n) is 6.12. The smallest absolute Gasteiger partial charge is 0.328 e. The van der Waals surface area contributed by atoms with Gasteiger partial charge in [0.2, 0.25) is 10.0 Å². The van der Waals surface area contributed by atoms with E-state index in [4.69, 9.17) is 0 Å². The molecule has 0 bridgehead atoms. The van der Waals surface area contributed by atoms with Crippen molar-refractivity contribution in [3.63, 3.8) is 0 Å². The predicted molar refractivity (Wildman–Crippen MR) is 78.9 cm³/mol. The Bertz CT molecular complexity index is 410. The molecule has 2 aliphatic carbocycles. The molecule has 0 aromatic rings. The molecule has 0 unspecified atom stereocenters. The number of urea groups is 1. The van der Waals surface area contributed by atoms with Crippen molar-refractivity contribution in [2.24, 2.45) is 5.92 Å². The minimum atomic E-state index is -3.50. The molecule has 2 N–H and O–H groups in total. The van der Waals surface area contributed by atoms with Gasteiger partial charge in [0.1, 0.15) is 0 Å². The summed E-state index contributed by atoms with van der Waals surface area (Å²) < 4.78 is 26.3. The zero-order valence-electron chi connectivity index (χ0n) is 12.1. The van der Waals surface area contributed by atoms with Crippen molar-refractivity contribution in [3.05, 3.63) is 0 Å². The van der Waals surface area contributed by atoms with Crippen molar-refractivity contribution in [3.8, 4) is 0 Å². The molecule has 0 heterocycles. The quantitative estimate of drug-likeness (QED) is 0.838. The summed E-state index contributed by atoms with van der Waals surface area (Å²) in [6.07, 6.45) is 10.3. The number of carbonyl (C=O) groups is 1. The van der Waals surface area contributed by atoms with Gasteiger partial charge in [-0.1, -0.05) is 38.5 Å². The summed E-state index contributed by atoms with van der Waals surface area (Å²) in [6.45, 7) is 0.589. The molecule has 0 aromatic heterocycles. The standard InChI is InChI=1S/C14H26N2O3S/c17-14(15-11-12-7-3-1-4-8-12)16-20(18,19)13-9-5-2-6-10-13/h12-13H,1-11H2,(H2,15,16,17). The van der Waals surface area contributed by atoms with Crippen LogP contribution in [0.25, 0.3) is 0 Å². The first-order valence-corrected chi connectivity index (χ1v) is 9.42. The van der Waals surface area contributed by atoms with Crippen LogP contribution in [0.1, 0.15) is 64.2 Å². The highest BCUT2D eigenvalue weighted by atomic mass is 32.2. The van der Waals surface area contributed by atoms with Gasteiger partial charge in [-0.25, -0.2) is 17.9 Å². The zero-order chi connectivity index (χ0) is 14.4. The van der Waals surface area contributed by atoms with Crippen LogP contribution in [-0.2, 0) is 10.0 Å². The average molecular weight is 302 g/mol. The van der Waals surface area contributed by atoms with Crippen molar-refractivity contribution in [1.82, 2.24) is 10.0 Å². The van der Waals surface area contributed by atoms with Gasteiger partial charge in [0, 0.05) is 6.54 Å². The van der Waals surface area contributed by atoms with Gasteiger partial charge < -0.3 is 5.32 Å². The summed E-state index contributed by atoms with van der Waals surface area (Å²) in [5.74, 6) is 0.506. The molecule has 5 nitrogen and oxygen atoms in total. The zero-order valence-corrected chi connectivity index (χ0v) is 12.9. The number of rotatable bonds is 4. The Morgan fingerprint density at radius 2 is 1.45 bits per heavy atom. The highest BCUT2D eigenvalue weighted by Gasteiger charge is 2.28. The van der Waals surface area contributed by atoms with Crippen LogP contribution in [0, 0.1) is 5.92 Å². The Hall–Kier alpha value is -0.780. The Kier molecular flexibility index (Phi) is 5.69. The molecule has 0 aliphatic heterocycles. The van der Waals surface area contributed by atoms with Crippen LogP contribution in [0.4, 0.5) is 4.79 Å². The number of sulfonamides is 1. The molecule has 2 fully saturated rings. The SMILES string of the molecule is O=C(NCC1CCCCC1)NS(=O)(=O)C1CCCCC1. The maximum Gasteiger partial charge on any atom is 0.328 e. The summed E-state index contributed by atoms with van der Waals surface area (Å²) in [4.78, 5) is 11.7. The van der Waals surface area contributed by atoms with Crippen LogP contribution < -0.4 is 10.0 Å². The molecule has 0 saturated heterocycles. The number of hydrogen-bond acceptors (Lipinski definition) is 3. The van der Waals surface area contributed by atoms with Crippen molar-refractivity contribution in [2.75, 3.05) is 6.54 Å². The van der Waals surface area contributed by atoms with E-state index in [0.717, 1.165) is 32.1 Å². The first kappa shape index (κ1) is 15.6. The van der Waals surface area contributed by atoms with Gasteiger partial charge in [-0.2, -0.15) is 0 Å². The van der Waals surface area contributed by atoms with Gasteiger partial charge in [0.05, 0.1) is 5.25 Å².